The Bertz CT molecular complexity index is 612. The molecule has 1 atom stereocenters. The fourth-order valence-corrected chi connectivity index (χ4v) is 2.47. The van der Waals surface area contributed by atoms with Gasteiger partial charge in [0.15, 0.2) is 0 Å². The third-order valence-electron chi connectivity index (χ3n) is 3.61. The molecule has 6 nitrogen and oxygen atoms in total. The first kappa shape index (κ1) is 15.6. The van der Waals surface area contributed by atoms with Crippen LogP contribution < -0.4 is 15.4 Å². The van der Waals surface area contributed by atoms with Crippen LogP contribution in [0.2, 0.25) is 0 Å². The number of anilines is 3. The van der Waals surface area contributed by atoms with E-state index in [0.29, 0.717) is 12.6 Å². The van der Waals surface area contributed by atoms with E-state index in [1.807, 2.05) is 37.3 Å². The molecule has 0 bridgehead atoms. The van der Waals surface area contributed by atoms with Crippen molar-refractivity contribution >= 4 is 17.5 Å². The molecule has 1 aliphatic rings. The van der Waals surface area contributed by atoms with E-state index in [1.54, 1.807) is 6.20 Å². The Labute approximate surface area is 136 Å². The third-order valence-corrected chi connectivity index (χ3v) is 3.61. The van der Waals surface area contributed by atoms with Crippen molar-refractivity contribution in [2.75, 3.05) is 30.4 Å². The van der Waals surface area contributed by atoms with Crippen LogP contribution in [0.4, 0.5) is 17.5 Å². The molecular weight excluding hydrogens is 292 g/mol. The van der Waals surface area contributed by atoms with Crippen LogP contribution in [0.3, 0.4) is 0 Å². The minimum Gasteiger partial charge on any atom is -0.494 e. The number of benzene rings is 1. The molecule has 1 aromatic carbocycles. The van der Waals surface area contributed by atoms with E-state index < -0.39 is 0 Å². The number of nitrogens with zero attached hydrogens (tertiary/aromatic N) is 2. The van der Waals surface area contributed by atoms with Crippen LogP contribution in [0.15, 0.2) is 36.5 Å². The van der Waals surface area contributed by atoms with Gasteiger partial charge in [-0.15, -0.1) is 0 Å². The van der Waals surface area contributed by atoms with Gasteiger partial charge in [-0.2, -0.15) is 4.98 Å². The van der Waals surface area contributed by atoms with Crippen molar-refractivity contribution in [3.8, 4) is 5.75 Å². The SMILES string of the molecule is CCOc1ccc(Nc2ccnc(NCC3CCCO3)n2)cc1. The van der Waals surface area contributed by atoms with Gasteiger partial charge in [0.05, 0.1) is 12.7 Å². The summed E-state index contributed by atoms with van der Waals surface area (Å²) in [6, 6.07) is 9.64. The summed E-state index contributed by atoms with van der Waals surface area (Å²) in [5.74, 6) is 2.22. The number of rotatable bonds is 7. The van der Waals surface area contributed by atoms with E-state index in [9.17, 15) is 0 Å². The van der Waals surface area contributed by atoms with E-state index in [4.69, 9.17) is 9.47 Å². The zero-order valence-corrected chi connectivity index (χ0v) is 13.3. The predicted octanol–water partition coefficient (Wildman–Crippen LogP) is 3.21. The topological polar surface area (TPSA) is 68.3 Å². The Balaban J connectivity index is 1.57. The van der Waals surface area contributed by atoms with E-state index in [-0.39, 0.29) is 6.10 Å². The number of ether oxygens (including phenoxy) is 2. The van der Waals surface area contributed by atoms with Gasteiger partial charge < -0.3 is 20.1 Å². The molecule has 1 aromatic heterocycles. The third kappa shape index (κ3) is 4.56. The van der Waals surface area contributed by atoms with Crippen LogP contribution >= 0.6 is 0 Å². The van der Waals surface area contributed by atoms with Gasteiger partial charge in [-0.1, -0.05) is 0 Å². The highest BCUT2D eigenvalue weighted by molar-refractivity contribution is 5.57. The van der Waals surface area contributed by atoms with E-state index in [1.165, 1.54) is 0 Å². The van der Waals surface area contributed by atoms with Gasteiger partial charge in [-0.25, -0.2) is 4.98 Å². The standard InChI is InChI=1S/C17H22N4O2/c1-2-22-14-7-5-13(6-8-14)20-16-9-10-18-17(21-16)19-12-15-4-3-11-23-15/h5-10,15H,2-4,11-12H2,1H3,(H2,18,19,20,21). The van der Waals surface area contributed by atoms with Crippen LogP contribution in [-0.4, -0.2) is 35.8 Å². The molecule has 3 rings (SSSR count). The summed E-state index contributed by atoms with van der Waals surface area (Å²) in [7, 11) is 0. The summed E-state index contributed by atoms with van der Waals surface area (Å²) < 4.78 is 11.0. The van der Waals surface area contributed by atoms with Crippen LogP contribution in [-0.2, 0) is 4.74 Å². The first-order valence-corrected chi connectivity index (χ1v) is 8.02. The molecule has 1 unspecified atom stereocenters. The zero-order valence-electron chi connectivity index (χ0n) is 13.3. The maximum Gasteiger partial charge on any atom is 0.224 e. The fourth-order valence-electron chi connectivity index (χ4n) is 2.47. The largest absolute Gasteiger partial charge is 0.494 e. The lowest BCUT2D eigenvalue weighted by molar-refractivity contribution is 0.120. The molecule has 0 radical (unpaired) electrons. The van der Waals surface area contributed by atoms with Gasteiger partial charge in [0.25, 0.3) is 0 Å². The fraction of sp³-hybridized carbons (Fsp3) is 0.412. The lowest BCUT2D eigenvalue weighted by Crippen LogP contribution is -2.19. The number of aromatic nitrogens is 2. The minimum atomic E-state index is 0.265. The molecule has 122 valence electrons. The normalized spacial score (nSPS) is 17.0. The maximum atomic E-state index is 5.59. The summed E-state index contributed by atoms with van der Waals surface area (Å²) in [5, 5.41) is 6.50. The van der Waals surface area contributed by atoms with Crippen LogP contribution in [0, 0.1) is 0 Å². The summed E-state index contributed by atoms with van der Waals surface area (Å²) >= 11 is 0. The number of hydrogen-bond acceptors (Lipinski definition) is 6. The molecule has 0 aliphatic carbocycles. The van der Waals surface area contributed by atoms with Crippen molar-refractivity contribution in [2.24, 2.45) is 0 Å². The second-order valence-electron chi connectivity index (χ2n) is 5.36. The molecule has 2 N–H and O–H groups in total. The summed E-state index contributed by atoms with van der Waals surface area (Å²) in [6.07, 6.45) is 4.23. The smallest absolute Gasteiger partial charge is 0.224 e. The molecule has 23 heavy (non-hydrogen) atoms. The maximum absolute atomic E-state index is 5.59. The molecule has 2 aromatic rings. The van der Waals surface area contributed by atoms with Crippen molar-refractivity contribution in [1.82, 2.24) is 9.97 Å². The van der Waals surface area contributed by atoms with E-state index in [0.717, 1.165) is 43.2 Å². The van der Waals surface area contributed by atoms with Crippen LogP contribution in [0.25, 0.3) is 0 Å². The zero-order chi connectivity index (χ0) is 15.9. The molecule has 0 amide bonds. The lowest BCUT2D eigenvalue weighted by Gasteiger charge is -2.12. The average molecular weight is 314 g/mol. The van der Waals surface area contributed by atoms with Crippen molar-refractivity contribution < 1.29 is 9.47 Å². The molecule has 2 heterocycles. The minimum absolute atomic E-state index is 0.265. The monoisotopic (exact) mass is 314 g/mol. The number of hydrogen-bond donors (Lipinski definition) is 2. The van der Waals surface area contributed by atoms with E-state index >= 15 is 0 Å². The van der Waals surface area contributed by atoms with Crippen molar-refractivity contribution in [1.29, 1.82) is 0 Å². The molecule has 0 saturated carbocycles. The molecule has 1 saturated heterocycles. The summed E-state index contributed by atoms with van der Waals surface area (Å²) in [5.41, 5.74) is 0.956. The molecular formula is C17H22N4O2. The highest BCUT2D eigenvalue weighted by atomic mass is 16.5. The highest BCUT2D eigenvalue weighted by Gasteiger charge is 2.15. The Hall–Kier alpha value is -2.34. The van der Waals surface area contributed by atoms with Gasteiger partial charge in [0.1, 0.15) is 11.6 Å². The lowest BCUT2D eigenvalue weighted by atomic mass is 10.2. The van der Waals surface area contributed by atoms with Gasteiger partial charge in [0.2, 0.25) is 5.95 Å². The first-order chi connectivity index (χ1) is 11.3. The second kappa shape index (κ2) is 7.78. The van der Waals surface area contributed by atoms with Crippen molar-refractivity contribution in [2.45, 2.75) is 25.9 Å². The Morgan fingerprint density at radius 2 is 2.13 bits per heavy atom. The Morgan fingerprint density at radius 1 is 1.26 bits per heavy atom. The summed E-state index contributed by atoms with van der Waals surface area (Å²) in [4.78, 5) is 8.71. The van der Waals surface area contributed by atoms with Crippen molar-refractivity contribution in [3.63, 3.8) is 0 Å². The average Bonchev–Trinajstić information content (AvgIpc) is 3.09. The second-order valence-corrected chi connectivity index (χ2v) is 5.36. The van der Waals surface area contributed by atoms with Gasteiger partial charge in [0, 0.05) is 25.0 Å². The predicted molar refractivity (Wildman–Crippen MR) is 90.4 cm³/mol. The molecule has 1 aliphatic heterocycles. The van der Waals surface area contributed by atoms with Gasteiger partial charge in [-0.05, 0) is 50.1 Å². The van der Waals surface area contributed by atoms with Crippen molar-refractivity contribution in [3.05, 3.63) is 36.5 Å². The van der Waals surface area contributed by atoms with Crippen LogP contribution in [0.5, 0.6) is 5.75 Å². The molecule has 6 heteroatoms. The Kier molecular flexibility index (Phi) is 5.26. The first-order valence-electron chi connectivity index (χ1n) is 8.02. The number of nitrogens with one attached hydrogen (secondary N) is 2. The highest BCUT2D eigenvalue weighted by Crippen LogP contribution is 2.19. The van der Waals surface area contributed by atoms with E-state index in [2.05, 4.69) is 20.6 Å². The quantitative estimate of drug-likeness (QED) is 0.818. The van der Waals surface area contributed by atoms with Gasteiger partial charge in [-0.3, -0.25) is 0 Å². The molecule has 0 spiro atoms. The van der Waals surface area contributed by atoms with Crippen LogP contribution in [0.1, 0.15) is 19.8 Å². The summed E-state index contributed by atoms with van der Waals surface area (Å²) in [6.45, 7) is 4.23. The van der Waals surface area contributed by atoms with Gasteiger partial charge >= 0.3 is 0 Å². The molecule has 1 fully saturated rings. The Morgan fingerprint density at radius 3 is 2.87 bits per heavy atom.